The standard InChI is InChI=1S/C32H34O4/c1(23-3-7-29-17-25(5-9-27(29)15-23)19-33-13-11-31-21-35-31)2-24-4-8-30-18-26(6-10-28(30)16-24)20-34-14-12-32-22-36-32/h3-10,15-18,31-32H,1-2,11-14,19-22H2. The van der Waals surface area contributed by atoms with Crippen molar-refractivity contribution < 1.29 is 18.9 Å². The van der Waals surface area contributed by atoms with Gasteiger partial charge in [-0.15, -0.1) is 0 Å². The monoisotopic (exact) mass is 482 g/mol. The summed E-state index contributed by atoms with van der Waals surface area (Å²) in [7, 11) is 0. The minimum Gasteiger partial charge on any atom is -0.377 e. The topological polar surface area (TPSA) is 43.5 Å². The molecule has 2 atom stereocenters. The minimum atomic E-state index is 0.435. The lowest BCUT2D eigenvalue weighted by atomic mass is 9.98. The Kier molecular flexibility index (Phi) is 7.29. The Labute approximate surface area is 213 Å². The molecule has 4 heteroatoms. The van der Waals surface area contributed by atoms with E-state index in [2.05, 4.69) is 72.8 Å². The summed E-state index contributed by atoms with van der Waals surface area (Å²) in [6.07, 6.45) is 4.94. The lowest BCUT2D eigenvalue weighted by Crippen LogP contribution is -1.99. The maximum Gasteiger partial charge on any atom is 0.0831 e. The highest BCUT2D eigenvalue weighted by Crippen LogP contribution is 2.23. The van der Waals surface area contributed by atoms with E-state index in [9.17, 15) is 0 Å². The van der Waals surface area contributed by atoms with Crippen molar-refractivity contribution in [1.82, 2.24) is 0 Å². The molecular formula is C32H34O4. The largest absolute Gasteiger partial charge is 0.377 e. The molecule has 0 radical (unpaired) electrons. The summed E-state index contributed by atoms with van der Waals surface area (Å²) in [5.74, 6) is 0. The first-order valence-corrected chi connectivity index (χ1v) is 13.2. The Hall–Kier alpha value is -2.76. The van der Waals surface area contributed by atoms with Gasteiger partial charge in [-0.1, -0.05) is 60.7 Å². The molecule has 186 valence electrons. The van der Waals surface area contributed by atoms with Gasteiger partial charge in [0.15, 0.2) is 0 Å². The molecule has 0 bridgehead atoms. The summed E-state index contributed by atoms with van der Waals surface area (Å²) < 4.78 is 22.1. The van der Waals surface area contributed by atoms with Crippen molar-refractivity contribution in [1.29, 1.82) is 0 Å². The van der Waals surface area contributed by atoms with Crippen LogP contribution in [0.3, 0.4) is 0 Å². The second kappa shape index (κ2) is 11.1. The van der Waals surface area contributed by atoms with Crippen molar-refractivity contribution in [2.45, 2.75) is 51.1 Å². The molecule has 2 aliphatic rings. The number of hydrogen-bond acceptors (Lipinski definition) is 4. The van der Waals surface area contributed by atoms with Crippen LogP contribution in [-0.2, 0) is 45.0 Å². The fourth-order valence-corrected chi connectivity index (χ4v) is 4.75. The normalized spacial score (nSPS) is 18.7. The molecule has 4 aromatic carbocycles. The molecule has 2 saturated heterocycles. The summed E-state index contributed by atoms with van der Waals surface area (Å²) in [4.78, 5) is 0. The number of aryl methyl sites for hydroxylation is 2. The van der Waals surface area contributed by atoms with Gasteiger partial charge in [0, 0.05) is 13.2 Å². The summed E-state index contributed by atoms with van der Waals surface area (Å²) >= 11 is 0. The van der Waals surface area contributed by atoms with Crippen LogP contribution in [0.25, 0.3) is 21.5 Å². The average Bonchev–Trinajstić information content (AvgIpc) is 3.84. The predicted molar refractivity (Wildman–Crippen MR) is 143 cm³/mol. The maximum atomic E-state index is 5.81. The first kappa shape index (κ1) is 23.6. The highest BCUT2D eigenvalue weighted by Gasteiger charge is 2.22. The van der Waals surface area contributed by atoms with Gasteiger partial charge < -0.3 is 18.9 Å². The second-order valence-corrected chi connectivity index (χ2v) is 10.1. The Morgan fingerprint density at radius 1 is 0.528 bits per heavy atom. The van der Waals surface area contributed by atoms with E-state index < -0.39 is 0 Å². The van der Waals surface area contributed by atoms with Crippen LogP contribution in [0.4, 0.5) is 0 Å². The average molecular weight is 483 g/mol. The van der Waals surface area contributed by atoms with Crippen molar-refractivity contribution >= 4 is 21.5 Å². The number of ether oxygens (including phenoxy) is 4. The Balaban J connectivity index is 1.02. The Bertz CT molecular complexity index is 1220. The van der Waals surface area contributed by atoms with Crippen LogP contribution >= 0.6 is 0 Å². The zero-order valence-corrected chi connectivity index (χ0v) is 20.8. The van der Waals surface area contributed by atoms with Crippen molar-refractivity contribution in [3.05, 3.63) is 95.1 Å². The number of epoxide rings is 2. The number of hydrogen-bond donors (Lipinski definition) is 0. The van der Waals surface area contributed by atoms with Crippen molar-refractivity contribution in [2.75, 3.05) is 26.4 Å². The summed E-state index contributed by atoms with van der Waals surface area (Å²) in [6.45, 7) is 4.66. The van der Waals surface area contributed by atoms with Gasteiger partial charge in [-0.3, -0.25) is 0 Å². The fourth-order valence-electron chi connectivity index (χ4n) is 4.75. The van der Waals surface area contributed by atoms with Gasteiger partial charge in [0.25, 0.3) is 0 Å². The molecule has 4 nitrogen and oxygen atoms in total. The zero-order valence-electron chi connectivity index (χ0n) is 20.8. The fraction of sp³-hybridized carbons (Fsp3) is 0.375. The van der Waals surface area contributed by atoms with Crippen LogP contribution < -0.4 is 0 Å². The Morgan fingerprint density at radius 3 is 1.28 bits per heavy atom. The third-order valence-electron chi connectivity index (χ3n) is 7.15. The van der Waals surface area contributed by atoms with Crippen molar-refractivity contribution in [2.24, 2.45) is 0 Å². The zero-order chi connectivity index (χ0) is 24.2. The summed E-state index contributed by atoms with van der Waals surface area (Å²) in [5.41, 5.74) is 5.21. The maximum absolute atomic E-state index is 5.81. The van der Waals surface area contributed by atoms with Gasteiger partial charge in [0.05, 0.1) is 38.6 Å². The predicted octanol–water partition coefficient (Wildman–Crippen LogP) is 6.39. The molecule has 2 fully saturated rings. The second-order valence-electron chi connectivity index (χ2n) is 10.1. The molecule has 0 saturated carbocycles. The number of fused-ring (bicyclic) bond motifs is 2. The van der Waals surface area contributed by atoms with Gasteiger partial charge >= 0.3 is 0 Å². The minimum absolute atomic E-state index is 0.435. The summed E-state index contributed by atoms with van der Waals surface area (Å²) in [5, 5.41) is 5.13. The molecule has 2 unspecified atom stereocenters. The van der Waals surface area contributed by atoms with E-state index in [1.54, 1.807) is 0 Å². The van der Waals surface area contributed by atoms with Crippen LogP contribution in [0.2, 0.25) is 0 Å². The van der Waals surface area contributed by atoms with Crippen molar-refractivity contribution in [3.63, 3.8) is 0 Å². The van der Waals surface area contributed by atoms with Gasteiger partial charge in [-0.2, -0.15) is 0 Å². The van der Waals surface area contributed by atoms with Crippen LogP contribution in [-0.4, -0.2) is 38.6 Å². The van der Waals surface area contributed by atoms with Crippen LogP contribution in [0.1, 0.15) is 35.1 Å². The summed E-state index contributed by atoms with van der Waals surface area (Å²) in [6, 6.07) is 27.0. The molecule has 36 heavy (non-hydrogen) atoms. The molecule has 6 rings (SSSR count). The lowest BCUT2D eigenvalue weighted by molar-refractivity contribution is 0.113. The van der Waals surface area contributed by atoms with E-state index in [0.717, 1.165) is 52.1 Å². The van der Waals surface area contributed by atoms with Gasteiger partial charge in [-0.25, -0.2) is 0 Å². The van der Waals surface area contributed by atoms with Gasteiger partial charge in [0.1, 0.15) is 0 Å². The SMILES string of the molecule is c1cc2cc(COCCC3CO3)ccc2cc1CCc1ccc2cc(COCCC3CO3)ccc2c1. The van der Waals surface area contributed by atoms with E-state index in [4.69, 9.17) is 18.9 Å². The molecule has 0 spiro atoms. The Morgan fingerprint density at radius 2 is 0.889 bits per heavy atom. The highest BCUT2D eigenvalue weighted by molar-refractivity contribution is 5.84. The molecule has 0 aliphatic carbocycles. The molecule has 2 heterocycles. The van der Waals surface area contributed by atoms with Crippen LogP contribution in [0.5, 0.6) is 0 Å². The van der Waals surface area contributed by atoms with Crippen molar-refractivity contribution in [3.8, 4) is 0 Å². The van der Waals surface area contributed by atoms with E-state index in [-0.39, 0.29) is 0 Å². The molecule has 0 N–H and O–H groups in total. The van der Waals surface area contributed by atoms with E-state index in [0.29, 0.717) is 25.4 Å². The molecule has 2 aliphatic heterocycles. The first-order chi connectivity index (χ1) is 17.8. The number of benzene rings is 4. The third-order valence-corrected chi connectivity index (χ3v) is 7.15. The molecule has 4 aromatic rings. The van der Waals surface area contributed by atoms with Crippen LogP contribution in [0.15, 0.2) is 72.8 Å². The first-order valence-electron chi connectivity index (χ1n) is 13.2. The van der Waals surface area contributed by atoms with Gasteiger partial charge in [-0.05, 0) is 81.6 Å². The number of rotatable bonds is 13. The lowest BCUT2D eigenvalue weighted by Gasteiger charge is -2.09. The van der Waals surface area contributed by atoms with E-state index >= 15 is 0 Å². The molecule has 0 amide bonds. The highest BCUT2D eigenvalue weighted by atomic mass is 16.6. The van der Waals surface area contributed by atoms with E-state index in [1.807, 2.05) is 0 Å². The smallest absolute Gasteiger partial charge is 0.0831 e. The quantitative estimate of drug-likeness (QED) is 0.164. The van der Waals surface area contributed by atoms with Gasteiger partial charge in [0.2, 0.25) is 0 Å². The van der Waals surface area contributed by atoms with E-state index in [1.165, 1.54) is 43.8 Å². The molecule has 0 aromatic heterocycles. The molecular weight excluding hydrogens is 448 g/mol. The van der Waals surface area contributed by atoms with Crippen LogP contribution in [0, 0.1) is 0 Å². The third kappa shape index (κ3) is 6.51.